The summed E-state index contributed by atoms with van der Waals surface area (Å²) in [4.78, 5) is 25.5. The zero-order chi connectivity index (χ0) is 21.0. The monoisotopic (exact) mass is 423 g/mol. The highest BCUT2D eigenvalue weighted by Gasteiger charge is 2.51. The molecule has 2 fully saturated rings. The minimum absolute atomic E-state index is 0.00570. The fourth-order valence-electron chi connectivity index (χ4n) is 4.66. The summed E-state index contributed by atoms with van der Waals surface area (Å²) in [6.07, 6.45) is 0.622. The van der Waals surface area contributed by atoms with Gasteiger partial charge < -0.3 is 14.1 Å². The van der Waals surface area contributed by atoms with E-state index in [9.17, 15) is 18.0 Å². The Kier molecular flexibility index (Phi) is 4.83. The number of benzene rings is 1. The van der Waals surface area contributed by atoms with Crippen LogP contribution in [0.25, 0.3) is 11.1 Å². The van der Waals surface area contributed by atoms with Gasteiger partial charge in [0.2, 0.25) is 15.9 Å². The zero-order valence-corrected chi connectivity index (χ0v) is 17.6. The van der Waals surface area contributed by atoms with Crippen LogP contribution in [0.5, 0.6) is 0 Å². The van der Waals surface area contributed by atoms with E-state index in [1.807, 2.05) is 0 Å². The first-order valence-corrected chi connectivity index (χ1v) is 11.0. The first-order valence-electron chi connectivity index (χ1n) is 9.52. The molecule has 10 heteroatoms. The Morgan fingerprint density at radius 3 is 2.79 bits per heavy atom. The fraction of sp³-hybridized carbons (Fsp3) is 0.579. The minimum Gasteiger partial charge on any atom is -0.408 e. The number of ether oxygens (including phenoxy) is 1. The molecule has 2 aliphatic rings. The van der Waals surface area contributed by atoms with Gasteiger partial charge in [-0.2, -0.15) is 4.31 Å². The van der Waals surface area contributed by atoms with Crippen LogP contribution in [-0.4, -0.2) is 68.0 Å². The molecule has 3 heterocycles. The number of hydrogen-bond acceptors (Lipinski definition) is 6. The molecule has 1 aromatic heterocycles. The van der Waals surface area contributed by atoms with Crippen molar-refractivity contribution in [1.29, 1.82) is 0 Å². The Bertz CT molecular complexity index is 1120. The SMILES string of the molecule is COC[C@@]12CCN(S(=O)(=O)c3ccc4c(c3)oc(=O)n4C)C[C@@H]1CN(C(C)=O)C2. The van der Waals surface area contributed by atoms with Gasteiger partial charge in [-0.1, -0.05) is 0 Å². The van der Waals surface area contributed by atoms with Crippen LogP contribution >= 0.6 is 0 Å². The van der Waals surface area contributed by atoms with Crippen molar-refractivity contribution in [3.05, 3.63) is 28.7 Å². The number of piperidine rings is 1. The number of aryl methyl sites for hydroxylation is 1. The number of oxazole rings is 1. The number of rotatable bonds is 4. The lowest BCUT2D eigenvalue weighted by molar-refractivity contribution is -0.128. The molecule has 0 N–H and O–H groups in total. The number of sulfonamides is 1. The summed E-state index contributed by atoms with van der Waals surface area (Å²) in [6, 6.07) is 4.49. The van der Waals surface area contributed by atoms with E-state index in [1.165, 1.54) is 27.9 Å². The smallest absolute Gasteiger partial charge is 0.408 e. The van der Waals surface area contributed by atoms with Crippen LogP contribution in [0.15, 0.2) is 32.3 Å². The van der Waals surface area contributed by atoms with Crippen LogP contribution < -0.4 is 5.76 Å². The van der Waals surface area contributed by atoms with Gasteiger partial charge in [-0.05, 0) is 24.5 Å². The van der Waals surface area contributed by atoms with Gasteiger partial charge in [-0.3, -0.25) is 9.36 Å². The van der Waals surface area contributed by atoms with E-state index < -0.39 is 15.8 Å². The van der Waals surface area contributed by atoms with Crippen molar-refractivity contribution < 1.29 is 22.4 Å². The summed E-state index contributed by atoms with van der Waals surface area (Å²) in [5, 5.41) is 0. The molecule has 2 aromatic rings. The molecule has 2 atom stereocenters. The third-order valence-corrected chi connectivity index (χ3v) is 8.24. The van der Waals surface area contributed by atoms with E-state index in [4.69, 9.17) is 9.15 Å². The van der Waals surface area contributed by atoms with E-state index in [2.05, 4.69) is 0 Å². The van der Waals surface area contributed by atoms with Crippen LogP contribution in [0.1, 0.15) is 13.3 Å². The maximum absolute atomic E-state index is 13.3. The standard InChI is InChI=1S/C19H25N3O6S/c1-13(23)21-9-14-10-22(7-6-19(14,11-21)12-27-3)29(25,26)15-4-5-16-17(8-15)28-18(24)20(16)2/h4-5,8,14H,6-7,9-12H2,1-3H3/t14-,19-/m0/s1. The highest BCUT2D eigenvalue weighted by atomic mass is 32.2. The first-order chi connectivity index (χ1) is 13.7. The van der Waals surface area contributed by atoms with Crippen LogP contribution in [0.4, 0.5) is 0 Å². The molecule has 0 aliphatic carbocycles. The van der Waals surface area contributed by atoms with Crippen molar-refractivity contribution in [3.8, 4) is 0 Å². The van der Waals surface area contributed by atoms with Gasteiger partial charge in [0.15, 0.2) is 5.58 Å². The van der Waals surface area contributed by atoms with Gasteiger partial charge >= 0.3 is 5.76 Å². The average Bonchev–Trinajstić information content (AvgIpc) is 3.19. The predicted octanol–water partition coefficient (Wildman–Crippen LogP) is 0.637. The number of hydrogen-bond donors (Lipinski definition) is 0. The van der Waals surface area contributed by atoms with E-state index in [0.717, 1.165) is 0 Å². The van der Waals surface area contributed by atoms with E-state index in [1.54, 1.807) is 25.1 Å². The topological polar surface area (TPSA) is 102 Å². The van der Waals surface area contributed by atoms with Crippen molar-refractivity contribution in [2.45, 2.75) is 18.2 Å². The number of nitrogens with zero attached hydrogens (tertiary/aromatic N) is 3. The number of carbonyl (C=O) groups is 1. The molecule has 2 saturated heterocycles. The Balaban J connectivity index is 1.64. The maximum Gasteiger partial charge on any atom is 0.419 e. The number of likely N-dealkylation sites (tertiary alicyclic amines) is 1. The van der Waals surface area contributed by atoms with Crippen LogP contribution in [0, 0.1) is 11.3 Å². The van der Waals surface area contributed by atoms with Crippen molar-refractivity contribution in [2.24, 2.45) is 18.4 Å². The summed E-state index contributed by atoms with van der Waals surface area (Å²) in [7, 11) is -0.552. The minimum atomic E-state index is -3.76. The van der Waals surface area contributed by atoms with Crippen LogP contribution in [0.3, 0.4) is 0 Å². The normalized spacial score (nSPS) is 25.5. The third-order valence-electron chi connectivity index (χ3n) is 6.37. The summed E-state index contributed by atoms with van der Waals surface area (Å²) < 4.78 is 39.9. The van der Waals surface area contributed by atoms with Gasteiger partial charge in [0, 0.05) is 58.7 Å². The van der Waals surface area contributed by atoms with Crippen LogP contribution in [0.2, 0.25) is 0 Å². The Hall–Kier alpha value is -2.17. The lowest BCUT2D eigenvalue weighted by atomic mass is 9.74. The molecule has 4 rings (SSSR count). The van der Waals surface area contributed by atoms with E-state index in [-0.39, 0.29) is 27.7 Å². The molecular weight excluding hydrogens is 398 g/mol. The fourth-order valence-corrected chi connectivity index (χ4v) is 6.16. The molecule has 1 aromatic carbocycles. The number of amides is 1. The lowest BCUT2D eigenvalue weighted by Crippen LogP contribution is -2.50. The number of fused-ring (bicyclic) bond motifs is 2. The van der Waals surface area contributed by atoms with Gasteiger partial charge in [0.1, 0.15) is 0 Å². The highest BCUT2D eigenvalue weighted by Crippen LogP contribution is 2.44. The maximum atomic E-state index is 13.3. The molecular formula is C19H25N3O6S. The molecule has 0 unspecified atom stereocenters. The van der Waals surface area contributed by atoms with Crippen LogP contribution in [-0.2, 0) is 26.6 Å². The van der Waals surface area contributed by atoms with E-state index >= 15 is 0 Å². The highest BCUT2D eigenvalue weighted by molar-refractivity contribution is 7.89. The molecule has 29 heavy (non-hydrogen) atoms. The largest absolute Gasteiger partial charge is 0.419 e. The molecule has 9 nitrogen and oxygen atoms in total. The Morgan fingerprint density at radius 2 is 2.10 bits per heavy atom. The molecule has 0 spiro atoms. The predicted molar refractivity (Wildman–Crippen MR) is 105 cm³/mol. The Morgan fingerprint density at radius 1 is 1.34 bits per heavy atom. The second-order valence-electron chi connectivity index (χ2n) is 8.06. The number of carbonyl (C=O) groups excluding carboxylic acids is 1. The number of methoxy groups -OCH3 is 1. The molecule has 158 valence electrons. The van der Waals surface area contributed by atoms with E-state index in [0.29, 0.717) is 44.7 Å². The summed E-state index contributed by atoms with van der Waals surface area (Å²) in [5.74, 6) is -0.533. The molecule has 0 radical (unpaired) electrons. The second kappa shape index (κ2) is 6.96. The Labute approximate surface area is 168 Å². The van der Waals surface area contributed by atoms with Crippen molar-refractivity contribution in [1.82, 2.24) is 13.8 Å². The first kappa shape index (κ1) is 20.1. The molecule has 2 aliphatic heterocycles. The second-order valence-corrected chi connectivity index (χ2v) is 10.00. The van der Waals surface area contributed by atoms with Crippen molar-refractivity contribution in [2.75, 3.05) is 39.9 Å². The molecule has 0 saturated carbocycles. The average molecular weight is 423 g/mol. The van der Waals surface area contributed by atoms with Gasteiger partial charge in [-0.25, -0.2) is 13.2 Å². The summed E-state index contributed by atoms with van der Waals surface area (Å²) >= 11 is 0. The molecule has 0 bridgehead atoms. The molecule has 1 amide bonds. The van der Waals surface area contributed by atoms with Gasteiger partial charge in [-0.15, -0.1) is 0 Å². The summed E-state index contributed by atoms with van der Waals surface area (Å²) in [6.45, 7) is 3.83. The third kappa shape index (κ3) is 3.19. The van der Waals surface area contributed by atoms with Crippen molar-refractivity contribution in [3.63, 3.8) is 0 Å². The van der Waals surface area contributed by atoms with Crippen molar-refractivity contribution >= 4 is 27.0 Å². The quantitative estimate of drug-likeness (QED) is 0.715. The van der Waals surface area contributed by atoms with Gasteiger partial charge in [0.25, 0.3) is 0 Å². The number of aromatic nitrogens is 1. The zero-order valence-electron chi connectivity index (χ0n) is 16.8. The lowest BCUT2D eigenvalue weighted by Gasteiger charge is -2.42. The van der Waals surface area contributed by atoms with Gasteiger partial charge in [0.05, 0.1) is 17.0 Å². The summed E-state index contributed by atoms with van der Waals surface area (Å²) in [5.41, 5.74) is 0.565.